The number of nitrogens with zero attached hydrogens (tertiary/aromatic N) is 5. The highest BCUT2D eigenvalue weighted by Crippen LogP contribution is 2.09. The number of halogens is 1. The number of hydrogen-bond donors (Lipinski definition) is 1. The van der Waals surface area contributed by atoms with Gasteiger partial charge in [0.15, 0.2) is 5.82 Å². The molecule has 4 rings (SSSR count). The number of fused-ring (bicyclic) bond motifs is 1. The second kappa shape index (κ2) is 7.39. The Morgan fingerprint density at radius 1 is 1.14 bits per heavy atom. The van der Waals surface area contributed by atoms with Gasteiger partial charge in [0.25, 0.3) is 5.56 Å². The molecule has 0 aliphatic rings. The molecular weight excluding hydrogens is 363 g/mol. The molecule has 0 bridgehead atoms. The summed E-state index contributed by atoms with van der Waals surface area (Å²) >= 11 is 0. The summed E-state index contributed by atoms with van der Waals surface area (Å²) in [6.45, 7) is 0.0510. The van der Waals surface area contributed by atoms with Crippen molar-refractivity contribution in [3.05, 3.63) is 83.1 Å². The van der Waals surface area contributed by atoms with E-state index in [1.54, 1.807) is 41.5 Å². The summed E-state index contributed by atoms with van der Waals surface area (Å²) < 4.78 is 16.2. The van der Waals surface area contributed by atoms with Crippen molar-refractivity contribution in [2.75, 3.05) is 0 Å². The zero-order valence-electron chi connectivity index (χ0n) is 14.6. The van der Waals surface area contributed by atoms with Gasteiger partial charge in [0, 0.05) is 25.1 Å². The van der Waals surface area contributed by atoms with E-state index >= 15 is 0 Å². The molecule has 0 aliphatic heterocycles. The van der Waals surface area contributed by atoms with Gasteiger partial charge in [-0.25, -0.2) is 19.0 Å². The van der Waals surface area contributed by atoms with Crippen LogP contribution in [0.1, 0.15) is 5.56 Å². The summed E-state index contributed by atoms with van der Waals surface area (Å²) in [5.74, 6) is -0.259. The van der Waals surface area contributed by atoms with Gasteiger partial charge in [0.05, 0.1) is 17.2 Å². The predicted octanol–water partition coefficient (Wildman–Crippen LogP) is 1.43. The molecule has 0 fully saturated rings. The standard InChI is InChI=1S/C19H15FN6O2/c20-14-2-3-16-15(9-14)19(28)25(12-23-16)11-18(27)22-10-13-4-6-21-17(8-13)26-7-1-5-24-26/h1-9,12H,10-11H2,(H,22,27). The van der Waals surface area contributed by atoms with Crippen LogP contribution in [0.15, 0.2) is 66.1 Å². The Bertz CT molecular complexity index is 1200. The van der Waals surface area contributed by atoms with Crippen LogP contribution >= 0.6 is 0 Å². The quantitative estimate of drug-likeness (QED) is 0.567. The number of benzene rings is 1. The third kappa shape index (κ3) is 3.63. The van der Waals surface area contributed by atoms with E-state index in [1.807, 2.05) is 0 Å². The first kappa shape index (κ1) is 17.5. The van der Waals surface area contributed by atoms with Gasteiger partial charge < -0.3 is 5.32 Å². The van der Waals surface area contributed by atoms with Crippen LogP contribution in [0.25, 0.3) is 16.7 Å². The van der Waals surface area contributed by atoms with Crippen LogP contribution in [0.3, 0.4) is 0 Å². The Balaban J connectivity index is 1.45. The van der Waals surface area contributed by atoms with E-state index < -0.39 is 11.4 Å². The molecule has 0 radical (unpaired) electrons. The number of amides is 1. The first-order chi connectivity index (χ1) is 13.6. The molecule has 0 atom stereocenters. The highest BCUT2D eigenvalue weighted by atomic mass is 19.1. The largest absolute Gasteiger partial charge is 0.350 e. The maximum atomic E-state index is 13.4. The van der Waals surface area contributed by atoms with Crippen LogP contribution in [0, 0.1) is 5.82 Å². The molecule has 3 heterocycles. The van der Waals surface area contributed by atoms with Crippen LogP contribution in [0.5, 0.6) is 0 Å². The van der Waals surface area contributed by atoms with Crippen LogP contribution in [-0.2, 0) is 17.9 Å². The molecule has 0 saturated heterocycles. The minimum Gasteiger partial charge on any atom is -0.350 e. The number of nitrogens with one attached hydrogen (secondary N) is 1. The van der Waals surface area contributed by atoms with Crippen molar-refractivity contribution >= 4 is 16.8 Å². The van der Waals surface area contributed by atoms with Gasteiger partial charge >= 0.3 is 0 Å². The summed E-state index contributed by atoms with van der Waals surface area (Å²) in [7, 11) is 0. The second-order valence-corrected chi connectivity index (χ2v) is 6.09. The topological polar surface area (TPSA) is 94.7 Å². The van der Waals surface area contributed by atoms with E-state index in [0.717, 1.165) is 16.2 Å². The van der Waals surface area contributed by atoms with E-state index in [2.05, 4.69) is 20.4 Å². The molecule has 0 saturated carbocycles. The number of hydrogen-bond acceptors (Lipinski definition) is 5. The van der Waals surface area contributed by atoms with Gasteiger partial charge in [-0.1, -0.05) is 0 Å². The van der Waals surface area contributed by atoms with Crippen molar-refractivity contribution in [1.29, 1.82) is 0 Å². The van der Waals surface area contributed by atoms with Crippen LogP contribution in [0.4, 0.5) is 4.39 Å². The van der Waals surface area contributed by atoms with Crippen molar-refractivity contribution in [2.45, 2.75) is 13.1 Å². The molecule has 3 aromatic heterocycles. The zero-order valence-corrected chi connectivity index (χ0v) is 14.6. The van der Waals surface area contributed by atoms with Crippen molar-refractivity contribution in [2.24, 2.45) is 0 Å². The second-order valence-electron chi connectivity index (χ2n) is 6.09. The monoisotopic (exact) mass is 378 g/mol. The number of pyridine rings is 1. The average molecular weight is 378 g/mol. The van der Waals surface area contributed by atoms with Gasteiger partial charge in [-0.3, -0.25) is 14.2 Å². The molecular formula is C19H15FN6O2. The molecule has 140 valence electrons. The van der Waals surface area contributed by atoms with Crippen molar-refractivity contribution in [3.8, 4) is 5.82 Å². The van der Waals surface area contributed by atoms with Crippen molar-refractivity contribution < 1.29 is 9.18 Å². The molecule has 1 amide bonds. The number of rotatable bonds is 5. The molecule has 28 heavy (non-hydrogen) atoms. The van der Waals surface area contributed by atoms with E-state index in [4.69, 9.17) is 0 Å². The Kier molecular flexibility index (Phi) is 4.63. The van der Waals surface area contributed by atoms with E-state index in [-0.39, 0.29) is 24.4 Å². The molecule has 8 nitrogen and oxygen atoms in total. The molecule has 4 aromatic rings. The number of carbonyl (C=O) groups excluding carboxylic acids is 1. The Morgan fingerprint density at radius 2 is 2.04 bits per heavy atom. The maximum absolute atomic E-state index is 13.4. The molecule has 1 N–H and O–H groups in total. The van der Waals surface area contributed by atoms with Crippen molar-refractivity contribution in [3.63, 3.8) is 0 Å². The predicted molar refractivity (Wildman–Crippen MR) is 99.2 cm³/mol. The Hall–Kier alpha value is -3.88. The van der Waals surface area contributed by atoms with Gasteiger partial charge in [0.1, 0.15) is 12.4 Å². The lowest BCUT2D eigenvalue weighted by molar-refractivity contribution is -0.121. The summed E-state index contributed by atoms with van der Waals surface area (Å²) in [4.78, 5) is 33.0. The van der Waals surface area contributed by atoms with Gasteiger partial charge in [-0.15, -0.1) is 0 Å². The van der Waals surface area contributed by atoms with Crippen LogP contribution in [-0.4, -0.2) is 30.2 Å². The Labute approximate surface area is 158 Å². The SMILES string of the molecule is O=C(Cn1cnc2ccc(F)cc2c1=O)NCc1ccnc(-n2cccn2)c1. The van der Waals surface area contributed by atoms with E-state index in [1.165, 1.54) is 18.5 Å². The maximum Gasteiger partial charge on any atom is 0.261 e. The lowest BCUT2D eigenvalue weighted by Gasteiger charge is -2.09. The van der Waals surface area contributed by atoms with E-state index in [0.29, 0.717) is 11.3 Å². The lowest BCUT2D eigenvalue weighted by atomic mass is 10.2. The molecule has 0 unspecified atom stereocenters. The van der Waals surface area contributed by atoms with Gasteiger partial charge in [-0.05, 0) is 42.0 Å². The van der Waals surface area contributed by atoms with Crippen LogP contribution in [0.2, 0.25) is 0 Å². The minimum atomic E-state index is -0.528. The fourth-order valence-corrected chi connectivity index (χ4v) is 2.76. The van der Waals surface area contributed by atoms with Gasteiger partial charge in [0.2, 0.25) is 5.91 Å². The zero-order chi connectivity index (χ0) is 19.5. The molecule has 0 spiro atoms. The lowest BCUT2D eigenvalue weighted by Crippen LogP contribution is -2.32. The highest BCUT2D eigenvalue weighted by molar-refractivity contribution is 5.79. The highest BCUT2D eigenvalue weighted by Gasteiger charge is 2.09. The molecule has 1 aromatic carbocycles. The first-order valence-corrected chi connectivity index (χ1v) is 8.46. The van der Waals surface area contributed by atoms with E-state index in [9.17, 15) is 14.0 Å². The third-order valence-electron chi connectivity index (χ3n) is 4.14. The number of aromatic nitrogens is 5. The summed E-state index contributed by atoms with van der Waals surface area (Å²) in [5, 5.41) is 7.00. The third-order valence-corrected chi connectivity index (χ3v) is 4.14. The smallest absolute Gasteiger partial charge is 0.261 e. The average Bonchev–Trinajstić information content (AvgIpc) is 3.24. The fraction of sp³-hybridized carbons (Fsp3) is 0.105. The summed E-state index contributed by atoms with van der Waals surface area (Å²) in [5.41, 5.74) is 0.746. The molecule has 9 heteroatoms. The summed E-state index contributed by atoms with van der Waals surface area (Å²) in [6, 6.07) is 9.15. The fourth-order valence-electron chi connectivity index (χ4n) is 2.76. The van der Waals surface area contributed by atoms with Crippen molar-refractivity contribution in [1.82, 2.24) is 29.6 Å². The van der Waals surface area contributed by atoms with Crippen LogP contribution < -0.4 is 10.9 Å². The first-order valence-electron chi connectivity index (χ1n) is 8.46. The Morgan fingerprint density at radius 3 is 2.86 bits per heavy atom. The van der Waals surface area contributed by atoms with Gasteiger partial charge in [-0.2, -0.15) is 5.10 Å². The number of carbonyl (C=O) groups is 1. The minimum absolute atomic E-state index is 0.133. The summed E-state index contributed by atoms with van der Waals surface area (Å²) in [6.07, 6.45) is 6.33. The molecule has 0 aliphatic carbocycles. The normalized spacial score (nSPS) is 10.9.